The smallest absolute Gasteiger partial charge is 0.179 e. The number of nitrogens with one attached hydrogen (secondary N) is 1. The van der Waals surface area contributed by atoms with Crippen LogP contribution in [0.2, 0.25) is 5.02 Å². The lowest BCUT2D eigenvalue weighted by Gasteiger charge is -2.03. The number of aromatic nitrogens is 2. The Morgan fingerprint density at radius 3 is 2.67 bits per heavy atom. The van der Waals surface area contributed by atoms with Crippen molar-refractivity contribution in [2.45, 2.75) is 13.6 Å². The molecule has 2 rings (SSSR count). The second-order valence-corrected chi connectivity index (χ2v) is 6.93. The van der Waals surface area contributed by atoms with Gasteiger partial charge in [0.05, 0.1) is 5.02 Å². The summed E-state index contributed by atoms with van der Waals surface area (Å²) in [6.45, 7) is 0. The molecule has 0 radical (unpaired) electrons. The molecule has 0 aliphatic carbocycles. The average Bonchev–Trinajstić information content (AvgIpc) is 2.79. The second kappa shape index (κ2) is 5.92. The van der Waals surface area contributed by atoms with Gasteiger partial charge >= 0.3 is 0 Å². The van der Waals surface area contributed by atoms with Gasteiger partial charge in [-0.05, 0) is 18.4 Å². The SMILES string of the molecule is CSc1nnc(Sc2ccc(C(=N)N)cc2Cl)s1. The fourth-order valence-electron chi connectivity index (χ4n) is 1.17. The van der Waals surface area contributed by atoms with Crippen molar-refractivity contribution in [3.8, 4) is 0 Å². The number of nitrogen functional groups attached to an aromatic ring is 1. The molecule has 8 heteroatoms. The molecule has 0 amide bonds. The van der Waals surface area contributed by atoms with Gasteiger partial charge in [-0.1, -0.05) is 52.5 Å². The lowest BCUT2D eigenvalue weighted by molar-refractivity contribution is 0.956. The van der Waals surface area contributed by atoms with Crippen LogP contribution in [-0.2, 0) is 0 Å². The van der Waals surface area contributed by atoms with Crippen LogP contribution in [0.15, 0.2) is 31.8 Å². The summed E-state index contributed by atoms with van der Waals surface area (Å²) in [6, 6.07) is 5.29. The van der Waals surface area contributed by atoms with Gasteiger partial charge in [0.25, 0.3) is 0 Å². The highest BCUT2D eigenvalue weighted by atomic mass is 35.5. The molecule has 0 spiro atoms. The van der Waals surface area contributed by atoms with Crippen molar-refractivity contribution in [2.75, 3.05) is 6.26 Å². The summed E-state index contributed by atoms with van der Waals surface area (Å²) in [5.74, 6) is 0.00837. The van der Waals surface area contributed by atoms with Crippen molar-refractivity contribution in [2.24, 2.45) is 5.73 Å². The van der Waals surface area contributed by atoms with E-state index in [0.717, 1.165) is 13.6 Å². The number of halogens is 1. The van der Waals surface area contributed by atoms with Gasteiger partial charge in [-0.15, -0.1) is 10.2 Å². The minimum atomic E-state index is 0.00837. The minimum absolute atomic E-state index is 0.00837. The van der Waals surface area contributed by atoms with E-state index in [4.69, 9.17) is 22.7 Å². The highest BCUT2D eigenvalue weighted by molar-refractivity contribution is 8.03. The molecule has 0 aliphatic heterocycles. The molecule has 0 aliphatic rings. The first-order chi connectivity index (χ1) is 8.60. The molecule has 2 aromatic rings. The molecule has 18 heavy (non-hydrogen) atoms. The number of hydrogen-bond acceptors (Lipinski definition) is 6. The van der Waals surface area contributed by atoms with Crippen LogP contribution in [0.25, 0.3) is 0 Å². The fraction of sp³-hybridized carbons (Fsp3) is 0.100. The summed E-state index contributed by atoms with van der Waals surface area (Å²) in [6.07, 6.45) is 1.96. The van der Waals surface area contributed by atoms with Gasteiger partial charge in [-0.2, -0.15) is 0 Å². The van der Waals surface area contributed by atoms with Gasteiger partial charge in [0.2, 0.25) is 0 Å². The van der Waals surface area contributed by atoms with Gasteiger partial charge < -0.3 is 5.73 Å². The Hall–Kier alpha value is -0.760. The van der Waals surface area contributed by atoms with Gasteiger partial charge in [0.1, 0.15) is 5.84 Å². The van der Waals surface area contributed by atoms with Gasteiger partial charge in [-0.25, -0.2) is 0 Å². The Kier molecular flexibility index (Phi) is 4.50. The van der Waals surface area contributed by atoms with Crippen LogP contribution in [0.4, 0.5) is 0 Å². The number of rotatable bonds is 4. The highest BCUT2D eigenvalue weighted by Crippen LogP contribution is 2.36. The van der Waals surface area contributed by atoms with E-state index in [9.17, 15) is 0 Å². The van der Waals surface area contributed by atoms with Crippen molar-refractivity contribution < 1.29 is 0 Å². The summed E-state index contributed by atoms with van der Waals surface area (Å²) < 4.78 is 1.77. The normalized spacial score (nSPS) is 10.6. The number of hydrogen-bond donors (Lipinski definition) is 2. The molecule has 94 valence electrons. The monoisotopic (exact) mass is 316 g/mol. The number of thioether (sulfide) groups is 1. The van der Waals surface area contributed by atoms with Gasteiger partial charge in [0.15, 0.2) is 8.68 Å². The van der Waals surface area contributed by atoms with Crippen LogP contribution in [0.3, 0.4) is 0 Å². The summed E-state index contributed by atoms with van der Waals surface area (Å²) >= 11 is 10.7. The molecule has 0 atom stereocenters. The molecule has 0 fully saturated rings. The van der Waals surface area contributed by atoms with Crippen LogP contribution in [0, 0.1) is 5.41 Å². The topological polar surface area (TPSA) is 75.7 Å². The zero-order chi connectivity index (χ0) is 13.1. The quantitative estimate of drug-likeness (QED) is 0.514. The second-order valence-electron chi connectivity index (χ2n) is 3.20. The predicted octanol–water partition coefficient (Wildman–Crippen LogP) is 3.35. The first kappa shape index (κ1) is 13.7. The summed E-state index contributed by atoms with van der Waals surface area (Å²) in [7, 11) is 0. The third-order valence-corrected chi connectivity index (χ3v) is 5.45. The number of benzene rings is 1. The van der Waals surface area contributed by atoms with Crippen LogP contribution < -0.4 is 5.73 Å². The van der Waals surface area contributed by atoms with Crippen molar-refractivity contribution in [3.05, 3.63) is 28.8 Å². The van der Waals surface area contributed by atoms with E-state index >= 15 is 0 Å². The highest BCUT2D eigenvalue weighted by Gasteiger charge is 2.09. The molecule has 4 nitrogen and oxygen atoms in total. The van der Waals surface area contributed by atoms with E-state index in [1.54, 1.807) is 23.9 Å². The number of amidine groups is 1. The minimum Gasteiger partial charge on any atom is -0.384 e. The zero-order valence-electron chi connectivity index (χ0n) is 9.31. The van der Waals surface area contributed by atoms with Crippen molar-refractivity contribution in [1.29, 1.82) is 5.41 Å². The lowest BCUT2D eigenvalue weighted by atomic mass is 10.2. The maximum absolute atomic E-state index is 7.34. The summed E-state index contributed by atoms with van der Waals surface area (Å²) in [5.41, 5.74) is 6.02. The van der Waals surface area contributed by atoms with Crippen molar-refractivity contribution in [1.82, 2.24) is 10.2 Å². The van der Waals surface area contributed by atoms with Gasteiger partial charge in [-0.3, -0.25) is 5.41 Å². The summed E-state index contributed by atoms with van der Waals surface area (Å²) in [5, 5.41) is 16.0. The molecule has 0 saturated heterocycles. The van der Waals surface area contributed by atoms with E-state index in [1.165, 1.54) is 23.1 Å². The molecule has 0 unspecified atom stereocenters. The number of nitrogens with zero attached hydrogens (tertiary/aromatic N) is 2. The third kappa shape index (κ3) is 3.17. The summed E-state index contributed by atoms with van der Waals surface area (Å²) in [4.78, 5) is 0.880. The standard InChI is InChI=1S/C10H9ClN4S3/c1-16-9-14-15-10(18-9)17-7-3-2-5(8(12)13)4-6(7)11/h2-4H,1H3,(H3,12,13). The maximum atomic E-state index is 7.34. The predicted molar refractivity (Wildman–Crippen MR) is 78.3 cm³/mol. The molecule has 0 bridgehead atoms. The Balaban J connectivity index is 2.21. The number of nitrogens with two attached hydrogens (primary N) is 1. The van der Waals surface area contributed by atoms with Crippen LogP contribution in [-0.4, -0.2) is 22.3 Å². The van der Waals surface area contributed by atoms with Crippen molar-refractivity contribution >= 4 is 52.3 Å². The zero-order valence-corrected chi connectivity index (χ0v) is 12.5. The molecular weight excluding hydrogens is 308 g/mol. The Morgan fingerprint density at radius 2 is 2.11 bits per heavy atom. The Labute approximate surface area is 122 Å². The molecular formula is C10H9ClN4S3. The first-order valence-corrected chi connectivity index (χ1v) is 8.03. The Morgan fingerprint density at radius 1 is 1.39 bits per heavy atom. The largest absolute Gasteiger partial charge is 0.384 e. The van der Waals surface area contributed by atoms with Gasteiger partial charge in [0, 0.05) is 10.5 Å². The van der Waals surface area contributed by atoms with Crippen LogP contribution in [0.1, 0.15) is 5.56 Å². The molecule has 1 heterocycles. The molecule has 3 N–H and O–H groups in total. The van der Waals surface area contributed by atoms with E-state index in [0.29, 0.717) is 10.6 Å². The van der Waals surface area contributed by atoms with E-state index in [2.05, 4.69) is 10.2 Å². The molecule has 1 aromatic carbocycles. The van der Waals surface area contributed by atoms with Crippen molar-refractivity contribution in [3.63, 3.8) is 0 Å². The molecule has 0 saturated carbocycles. The Bertz CT molecular complexity index is 584. The third-order valence-electron chi connectivity index (χ3n) is 2.00. The van der Waals surface area contributed by atoms with Crippen LogP contribution >= 0.6 is 46.5 Å². The fourth-order valence-corrected chi connectivity index (χ4v) is 3.86. The first-order valence-electron chi connectivity index (χ1n) is 4.79. The lowest BCUT2D eigenvalue weighted by Crippen LogP contribution is -2.10. The van der Waals surface area contributed by atoms with Crippen LogP contribution in [0.5, 0.6) is 0 Å². The maximum Gasteiger partial charge on any atom is 0.179 e. The molecule has 1 aromatic heterocycles. The van der Waals surface area contributed by atoms with E-state index < -0.39 is 0 Å². The van der Waals surface area contributed by atoms with E-state index in [-0.39, 0.29) is 5.84 Å². The van der Waals surface area contributed by atoms with E-state index in [1.807, 2.05) is 12.3 Å². The average molecular weight is 317 g/mol.